The van der Waals surface area contributed by atoms with Crippen LogP contribution in [0.4, 0.5) is 0 Å². The molecule has 0 aliphatic heterocycles. The van der Waals surface area contributed by atoms with Crippen LogP contribution in [0.3, 0.4) is 0 Å². The van der Waals surface area contributed by atoms with E-state index in [9.17, 15) is 0 Å². The molecule has 2 N–H and O–H groups in total. The van der Waals surface area contributed by atoms with Crippen molar-refractivity contribution >= 4 is 19.4 Å². The van der Waals surface area contributed by atoms with Gasteiger partial charge in [-0.05, 0) is 34.5 Å². The summed E-state index contributed by atoms with van der Waals surface area (Å²) in [4.78, 5) is 0. The van der Waals surface area contributed by atoms with Gasteiger partial charge < -0.3 is 10.2 Å². The Kier molecular flexibility index (Phi) is 4.95. The molecule has 0 heterocycles. The van der Waals surface area contributed by atoms with E-state index in [0.717, 1.165) is 12.8 Å². The molecule has 2 aromatic carbocycles. The number of rotatable bonds is 5. The first-order chi connectivity index (χ1) is 11.4. The number of nitrogens with two attached hydrogens (primary N) is 1. The van der Waals surface area contributed by atoms with Crippen molar-refractivity contribution in [1.82, 2.24) is 0 Å². The van der Waals surface area contributed by atoms with E-state index in [1.807, 2.05) is 0 Å². The second-order valence-electron chi connectivity index (χ2n) is 8.35. The first-order valence-corrected chi connectivity index (χ1v) is 10.5. The second kappa shape index (κ2) is 6.83. The lowest BCUT2D eigenvalue weighted by molar-refractivity contribution is 0.0204. The molecule has 1 aliphatic rings. The van der Waals surface area contributed by atoms with Crippen LogP contribution in [0.15, 0.2) is 60.7 Å². The van der Waals surface area contributed by atoms with Crippen LogP contribution in [0.1, 0.15) is 33.6 Å². The molecule has 1 saturated carbocycles. The maximum atomic E-state index is 6.59. The molecular formula is C21H29NOSi. The Bertz CT molecular complexity index is 605. The van der Waals surface area contributed by atoms with Gasteiger partial charge >= 0.3 is 0 Å². The molecule has 128 valence electrons. The summed E-state index contributed by atoms with van der Waals surface area (Å²) in [5.74, 6) is 0.708. The highest BCUT2D eigenvalue weighted by Gasteiger charge is 2.46. The van der Waals surface area contributed by atoms with Gasteiger partial charge in [0.25, 0.3) is 0 Å². The zero-order chi connectivity index (χ0) is 17.2. The molecule has 2 aromatic rings. The highest BCUT2D eigenvalue weighted by Crippen LogP contribution is 2.46. The highest BCUT2D eigenvalue weighted by molar-refractivity contribution is 6.80. The van der Waals surface area contributed by atoms with Gasteiger partial charge in [0.1, 0.15) is 0 Å². The fourth-order valence-electron chi connectivity index (χ4n) is 3.54. The van der Waals surface area contributed by atoms with Crippen molar-refractivity contribution in [1.29, 1.82) is 0 Å². The molecule has 1 aliphatic carbocycles. The Morgan fingerprint density at radius 1 is 0.958 bits per heavy atom. The first-order valence-electron chi connectivity index (χ1n) is 8.88. The third-order valence-electron chi connectivity index (χ3n) is 5.27. The lowest BCUT2D eigenvalue weighted by Crippen LogP contribution is -2.60. The monoisotopic (exact) mass is 339 g/mol. The van der Waals surface area contributed by atoms with Gasteiger partial charge in [-0.15, -0.1) is 0 Å². The highest BCUT2D eigenvalue weighted by atomic mass is 28.3. The first kappa shape index (κ1) is 17.4. The van der Waals surface area contributed by atoms with Crippen LogP contribution >= 0.6 is 0 Å². The van der Waals surface area contributed by atoms with E-state index >= 15 is 0 Å². The molecule has 0 unspecified atom stereocenters. The maximum absolute atomic E-state index is 6.59. The molecular weight excluding hydrogens is 310 g/mol. The summed E-state index contributed by atoms with van der Waals surface area (Å²) < 4.78 is 6.50. The lowest BCUT2D eigenvalue weighted by Gasteiger charge is -2.51. The Morgan fingerprint density at radius 3 is 1.83 bits per heavy atom. The predicted molar refractivity (Wildman–Crippen MR) is 104 cm³/mol. The molecule has 0 bridgehead atoms. The van der Waals surface area contributed by atoms with E-state index in [2.05, 4.69) is 81.4 Å². The van der Waals surface area contributed by atoms with E-state index < -0.39 is 9.04 Å². The largest absolute Gasteiger partial charge is 0.409 e. The molecule has 0 atom stereocenters. The molecule has 3 heteroatoms. The van der Waals surface area contributed by atoms with Crippen LogP contribution in [-0.2, 0) is 4.43 Å². The predicted octanol–water partition coefficient (Wildman–Crippen LogP) is 2.69. The molecule has 0 amide bonds. The summed E-state index contributed by atoms with van der Waals surface area (Å²) in [5.41, 5.74) is 6.79. The second-order valence-corrected chi connectivity index (χ2v) is 10.8. The summed E-state index contributed by atoms with van der Waals surface area (Å²) >= 11 is 0. The van der Waals surface area contributed by atoms with Gasteiger partial charge in [-0.1, -0.05) is 81.4 Å². The minimum atomic E-state index is -1.67. The summed E-state index contributed by atoms with van der Waals surface area (Å²) in [6.45, 7) is 7.59. The summed E-state index contributed by atoms with van der Waals surface area (Å²) in [5, 5.41) is 2.64. The Hall–Kier alpha value is -1.42. The topological polar surface area (TPSA) is 35.2 Å². The van der Waals surface area contributed by atoms with Crippen LogP contribution in [0.5, 0.6) is 0 Å². The van der Waals surface area contributed by atoms with Gasteiger partial charge in [-0.25, -0.2) is 0 Å². The SMILES string of the molecule is CC(C)(C)[C@H]1C[C@](N)(CO[SiH](c2ccccc2)c2ccccc2)C1. The van der Waals surface area contributed by atoms with Crippen LogP contribution in [0, 0.1) is 11.3 Å². The molecule has 24 heavy (non-hydrogen) atoms. The minimum absolute atomic E-state index is 0.146. The van der Waals surface area contributed by atoms with Crippen molar-refractivity contribution < 1.29 is 4.43 Å². The van der Waals surface area contributed by atoms with E-state index in [0.29, 0.717) is 17.9 Å². The van der Waals surface area contributed by atoms with Crippen LogP contribution in [-0.4, -0.2) is 21.2 Å². The molecule has 3 rings (SSSR count). The van der Waals surface area contributed by atoms with Gasteiger partial charge in [0.15, 0.2) is 0 Å². The van der Waals surface area contributed by atoms with Crippen LogP contribution in [0.2, 0.25) is 0 Å². The minimum Gasteiger partial charge on any atom is -0.409 e. The molecule has 0 aromatic heterocycles. The average molecular weight is 340 g/mol. The van der Waals surface area contributed by atoms with Gasteiger partial charge in [0.05, 0.1) is 6.61 Å². The summed E-state index contributed by atoms with van der Waals surface area (Å²) in [6, 6.07) is 21.2. The van der Waals surface area contributed by atoms with Crippen molar-refractivity contribution in [2.24, 2.45) is 17.1 Å². The van der Waals surface area contributed by atoms with Gasteiger partial charge in [-0.3, -0.25) is 0 Å². The van der Waals surface area contributed by atoms with Gasteiger partial charge in [0, 0.05) is 5.54 Å². The zero-order valence-electron chi connectivity index (χ0n) is 15.0. The summed E-state index contributed by atoms with van der Waals surface area (Å²) in [6.07, 6.45) is 2.14. The van der Waals surface area contributed by atoms with Crippen molar-refractivity contribution in [3.05, 3.63) is 60.7 Å². The smallest absolute Gasteiger partial charge is 0.239 e. The van der Waals surface area contributed by atoms with Gasteiger partial charge in [-0.2, -0.15) is 0 Å². The van der Waals surface area contributed by atoms with E-state index in [1.165, 1.54) is 10.4 Å². The van der Waals surface area contributed by atoms with Crippen molar-refractivity contribution in [3.63, 3.8) is 0 Å². The normalized spacial score (nSPS) is 24.0. The van der Waals surface area contributed by atoms with Crippen LogP contribution < -0.4 is 16.1 Å². The van der Waals surface area contributed by atoms with E-state index in [-0.39, 0.29) is 5.54 Å². The molecule has 0 saturated heterocycles. The quantitative estimate of drug-likeness (QED) is 0.850. The summed E-state index contributed by atoms with van der Waals surface area (Å²) in [7, 11) is -1.67. The van der Waals surface area contributed by atoms with Crippen LogP contribution in [0.25, 0.3) is 0 Å². The molecule has 1 fully saturated rings. The average Bonchev–Trinajstić information content (AvgIpc) is 2.54. The zero-order valence-corrected chi connectivity index (χ0v) is 16.2. The number of benzene rings is 2. The molecule has 0 spiro atoms. The Morgan fingerprint density at radius 2 is 1.42 bits per heavy atom. The van der Waals surface area contributed by atoms with Crippen molar-refractivity contribution in [2.75, 3.05) is 6.61 Å². The Labute approximate surface area is 147 Å². The van der Waals surface area contributed by atoms with Gasteiger partial charge in [0.2, 0.25) is 9.04 Å². The van der Waals surface area contributed by atoms with Crippen molar-refractivity contribution in [3.8, 4) is 0 Å². The standard InChI is InChI=1S/C21H29NOSi/c1-20(2,3)17-14-21(22,15-17)16-23-24(18-10-6-4-7-11-18)19-12-8-5-9-13-19/h4-13,17,24H,14-16,22H2,1-3H3/t17-,21+. The molecule has 2 nitrogen and oxygen atoms in total. The third-order valence-corrected chi connectivity index (χ3v) is 7.75. The number of hydrogen-bond donors (Lipinski definition) is 1. The third kappa shape index (κ3) is 3.97. The fourth-order valence-corrected chi connectivity index (χ4v) is 5.95. The lowest BCUT2D eigenvalue weighted by atomic mass is 9.59. The fraction of sp³-hybridized carbons (Fsp3) is 0.429. The molecule has 0 radical (unpaired) electrons. The maximum Gasteiger partial charge on any atom is 0.239 e. The van der Waals surface area contributed by atoms with Crippen molar-refractivity contribution in [2.45, 2.75) is 39.2 Å². The Balaban J connectivity index is 1.70. The van der Waals surface area contributed by atoms with E-state index in [4.69, 9.17) is 10.2 Å². The number of hydrogen-bond acceptors (Lipinski definition) is 2. The van der Waals surface area contributed by atoms with E-state index in [1.54, 1.807) is 0 Å².